The van der Waals surface area contributed by atoms with Gasteiger partial charge in [-0.2, -0.15) is 5.90 Å². The van der Waals surface area contributed by atoms with E-state index in [9.17, 15) is 4.79 Å². The maximum absolute atomic E-state index is 9.43. The Morgan fingerprint density at radius 1 is 1.83 bits per heavy atom. The van der Waals surface area contributed by atoms with E-state index in [0.717, 1.165) is 0 Å². The topological polar surface area (TPSA) is 83.8 Å². The lowest BCUT2D eigenvalue weighted by molar-refractivity contribution is 0.175. The molecule has 0 bridgehead atoms. The van der Waals surface area contributed by atoms with E-state index in [1.807, 2.05) is 0 Å². The van der Waals surface area contributed by atoms with Gasteiger partial charge in [0, 0.05) is 0 Å². The van der Waals surface area contributed by atoms with E-state index >= 15 is 0 Å². The van der Waals surface area contributed by atoms with E-state index in [-0.39, 0.29) is 5.48 Å². The standard InChI is InChI=1S/CH2NO2.Al.H2O/c2-4-1-3;;/h2H2;;1H2. The third-order valence-corrected chi connectivity index (χ3v) is 0.252. The maximum Gasteiger partial charge on any atom is 0.322 e. The maximum atomic E-state index is 9.43. The molecule has 0 spiro atoms. The van der Waals surface area contributed by atoms with Gasteiger partial charge in [-0.15, -0.1) is 0 Å². The van der Waals surface area contributed by atoms with Crippen molar-refractivity contribution in [2.45, 2.75) is 0 Å². The molecule has 0 aliphatic carbocycles. The second kappa shape index (κ2) is 4.92. The Hall–Kier alpha value is -0.0775. The van der Waals surface area contributed by atoms with Crippen molar-refractivity contribution < 1.29 is 15.1 Å². The van der Waals surface area contributed by atoms with E-state index in [0.29, 0.717) is 0 Å². The molecule has 0 aromatic carbocycles. The van der Waals surface area contributed by atoms with Gasteiger partial charge >= 0.3 is 16.3 Å². The Bertz CT molecular complexity index is 46.1. The monoisotopic (exact) mass is 105 g/mol. The Labute approximate surface area is 43.0 Å². The van der Waals surface area contributed by atoms with Gasteiger partial charge in [0.1, 0.15) is 0 Å². The average molecular weight is 105 g/mol. The molecule has 34 valence electrons. The van der Waals surface area contributed by atoms with E-state index in [2.05, 4.69) is 10.7 Å². The van der Waals surface area contributed by atoms with Crippen molar-refractivity contribution in [2.75, 3.05) is 0 Å². The Morgan fingerprint density at radius 3 is 2.00 bits per heavy atom. The Kier molecular flexibility index (Phi) is 7.65. The number of carbonyl (C=O) groups is 1. The largest absolute Gasteiger partial charge is 0.412 e. The van der Waals surface area contributed by atoms with Gasteiger partial charge in [-0.1, -0.05) is 0 Å². The quantitative estimate of drug-likeness (QED) is 0.295. The fourth-order valence-electron chi connectivity index (χ4n) is 0. The second-order valence-electron chi connectivity index (χ2n) is 0.437. The zero-order valence-corrected chi connectivity index (χ0v) is 4.13. The van der Waals surface area contributed by atoms with Gasteiger partial charge in [0.2, 0.25) is 0 Å². The minimum atomic E-state index is -0.551. The number of carbonyl (C=O) groups excluding carboxylic acids is 1. The molecule has 0 aromatic rings. The summed E-state index contributed by atoms with van der Waals surface area (Å²) in [5, 5.41) is 0. The first-order valence-corrected chi connectivity index (χ1v) is 1.51. The molecule has 0 unspecified atom stereocenters. The van der Waals surface area contributed by atoms with Crippen molar-refractivity contribution >= 4 is 21.1 Å². The molecule has 0 aliphatic heterocycles. The van der Waals surface area contributed by atoms with Crippen LogP contribution in [0.1, 0.15) is 0 Å². The molecule has 2 radical (unpaired) electrons. The van der Waals surface area contributed by atoms with Gasteiger partial charge in [-0.05, 0) is 0 Å². The third kappa shape index (κ3) is 9.06. The van der Waals surface area contributed by atoms with E-state index in [1.165, 1.54) is 0 Å². The van der Waals surface area contributed by atoms with Gasteiger partial charge in [-0.3, -0.25) is 4.79 Å². The van der Waals surface area contributed by atoms with Crippen LogP contribution in [0.5, 0.6) is 0 Å². The van der Waals surface area contributed by atoms with Crippen molar-refractivity contribution in [2.24, 2.45) is 5.90 Å². The summed E-state index contributed by atoms with van der Waals surface area (Å²) in [6.07, 6.45) is 0. The second-order valence-corrected chi connectivity index (χ2v) is 0.908. The lowest BCUT2D eigenvalue weighted by Gasteiger charge is -1.82. The van der Waals surface area contributed by atoms with Crippen LogP contribution in [0.25, 0.3) is 0 Å². The molecule has 4 nitrogen and oxygen atoms in total. The Morgan fingerprint density at radius 2 is 2.00 bits per heavy atom. The molecule has 6 heavy (non-hydrogen) atoms. The summed E-state index contributed by atoms with van der Waals surface area (Å²) in [5.74, 6) is 4.30. The highest BCUT2D eigenvalue weighted by molar-refractivity contribution is 6.54. The molecule has 0 amide bonds. The van der Waals surface area contributed by atoms with E-state index in [1.54, 1.807) is 16.3 Å². The minimum Gasteiger partial charge on any atom is -0.412 e. The van der Waals surface area contributed by atoms with Gasteiger partial charge in [0.15, 0.2) is 4.83 Å². The lowest BCUT2D eigenvalue weighted by atomic mass is 11.6. The van der Waals surface area contributed by atoms with Gasteiger partial charge in [0.25, 0.3) is 0 Å². The highest BCUT2D eigenvalue weighted by Gasteiger charge is 1.75. The molecule has 0 fully saturated rings. The minimum absolute atomic E-state index is 0. The third-order valence-electron chi connectivity index (χ3n) is 0.116. The van der Waals surface area contributed by atoms with Crippen LogP contribution in [0, 0.1) is 0 Å². The summed E-state index contributed by atoms with van der Waals surface area (Å²) in [5.41, 5.74) is 0. The van der Waals surface area contributed by atoms with E-state index < -0.39 is 4.83 Å². The number of hydrogen-bond donors (Lipinski definition) is 1. The van der Waals surface area contributed by atoms with Gasteiger partial charge in [-0.25, -0.2) is 0 Å². The normalized spacial score (nSPS) is 5.50. The van der Waals surface area contributed by atoms with Crippen LogP contribution in [0.2, 0.25) is 0 Å². The first-order valence-electron chi connectivity index (χ1n) is 0.933. The molecule has 0 atom stereocenters. The molecule has 0 heterocycles. The highest BCUT2D eigenvalue weighted by atomic mass is 27.0. The van der Waals surface area contributed by atoms with Crippen LogP contribution in [-0.2, 0) is 4.84 Å². The summed E-state index contributed by atoms with van der Waals surface area (Å²) in [6, 6.07) is 0. The zero-order valence-electron chi connectivity index (χ0n) is 2.97. The van der Waals surface area contributed by atoms with Crippen LogP contribution in [0.3, 0.4) is 0 Å². The number of rotatable bonds is 0. The van der Waals surface area contributed by atoms with Crippen molar-refractivity contribution in [3.63, 3.8) is 0 Å². The predicted molar refractivity (Wildman–Crippen MR) is 20.0 cm³/mol. The average Bonchev–Trinajstić information content (AvgIpc) is 1.38. The summed E-state index contributed by atoms with van der Waals surface area (Å²) in [4.78, 5) is 12.5. The summed E-state index contributed by atoms with van der Waals surface area (Å²) >= 11 is 1.75. The van der Waals surface area contributed by atoms with Crippen LogP contribution < -0.4 is 5.90 Å². The highest BCUT2D eigenvalue weighted by Crippen LogP contribution is 1.54. The van der Waals surface area contributed by atoms with Crippen LogP contribution >= 0.6 is 0 Å². The van der Waals surface area contributed by atoms with Gasteiger partial charge in [0.05, 0.1) is 0 Å². The molecular formula is CH4AlNO3. The fraction of sp³-hybridized carbons (Fsp3) is 0. The van der Waals surface area contributed by atoms with Crippen molar-refractivity contribution in [3.05, 3.63) is 0 Å². The van der Waals surface area contributed by atoms with E-state index in [4.69, 9.17) is 0 Å². The SMILES string of the molecule is NO[C](=O)[Al].O. The zero-order chi connectivity index (χ0) is 4.28. The molecule has 4 N–H and O–H groups in total. The van der Waals surface area contributed by atoms with Crippen LogP contribution in [-0.4, -0.2) is 26.6 Å². The first-order chi connectivity index (χ1) is 2.27. The van der Waals surface area contributed by atoms with Gasteiger partial charge < -0.3 is 10.3 Å². The molecule has 0 saturated carbocycles. The van der Waals surface area contributed by atoms with Crippen molar-refractivity contribution in [1.29, 1.82) is 0 Å². The molecule has 0 rings (SSSR count). The number of nitrogens with two attached hydrogens (primary N) is 1. The Balaban J connectivity index is 0. The summed E-state index contributed by atoms with van der Waals surface area (Å²) < 4.78 is 0. The van der Waals surface area contributed by atoms with Crippen LogP contribution in [0.4, 0.5) is 4.79 Å². The van der Waals surface area contributed by atoms with Crippen molar-refractivity contribution in [3.8, 4) is 0 Å². The smallest absolute Gasteiger partial charge is 0.322 e. The summed E-state index contributed by atoms with van der Waals surface area (Å²) in [6.45, 7) is 0. The van der Waals surface area contributed by atoms with Crippen molar-refractivity contribution in [1.82, 2.24) is 0 Å². The fourth-order valence-corrected chi connectivity index (χ4v) is 0. The summed E-state index contributed by atoms with van der Waals surface area (Å²) in [7, 11) is 0. The molecule has 0 aliphatic rings. The number of hydrogen-bond acceptors (Lipinski definition) is 3. The first kappa shape index (κ1) is 9.33. The molecule has 0 saturated heterocycles. The molecular weight excluding hydrogens is 101 g/mol. The molecule has 0 aromatic heterocycles. The van der Waals surface area contributed by atoms with Crippen LogP contribution in [0.15, 0.2) is 0 Å². The lowest BCUT2D eigenvalue weighted by Crippen LogP contribution is -2.05. The molecule has 5 heteroatoms. The predicted octanol–water partition coefficient (Wildman–Crippen LogP) is -1.66.